The minimum absolute atomic E-state index is 0.0113. The lowest BCUT2D eigenvalue weighted by Crippen LogP contribution is -2.58. The number of nitrogens with one attached hydrogen (secondary N) is 2. The molecule has 5 nitrogen and oxygen atoms in total. The molecule has 0 radical (unpaired) electrons. The van der Waals surface area contributed by atoms with Crippen molar-refractivity contribution in [3.63, 3.8) is 0 Å². The van der Waals surface area contributed by atoms with Crippen molar-refractivity contribution < 1.29 is 14.7 Å². The van der Waals surface area contributed by atoms with Crippen molar-refractivity contribution in [3.05, 3.63) is 11.8 Å². The lowest BCUT2D eigenvalue weighted by Gasteiger charge is -2.57. The number of carboxylic acid groups (broad SMARTS) is 1. The molecule has 0 aromatic rings. The first-order valence-corrected chi connectivity index (χ1v) is 11.8. The van der Waals surface area contributed by atoms with Crippen molar-refractivity contribution in [1.29, 1.82) is 0 Å². The molecule has 1 unspecified atom stereocenters. The van der Waals surface area contributed by atoms with Crippen LogP contribution in [0.1, 0.15) is 84.5 Å². The fourth-order valence-electron chi connectivity index (χ4n) is 6.70. The molecule has 5 aliphatic carbocycles. The third-order valence-electron chi connectivity index (χ3n) is 8.09. The smallest absolute Gasteiger partial charge is 0.352 e. The molecule has 5 heteroatoms. The van der Waals surface area contributed by atoms with Crippen LogP contribution in [0.2, 0.25) is 0 Å². The molecule has 5 saturated carbocycles. The fraction of sp³-hybridized carbons (Fsp3) is 0.833. The molecular formula is C24H38N2O3. The van der Waals surface area contributed by atoms with E-state index < -0.39 is 5.97 Å². The van der Waals surface area contributed by atoms with Gasteiger partial charge in [0.25, 0.3) is 0 Å². The van der Waals surface area contributed by atoms with Gasteiger partial charge in [0.1, 0.15) is 5.70 Å². The maximum atomic E-state index is 12.1. The zero-order chi connectivity index (χ0) is 20.6. The molecule has 4 bridgehead atoms. The van der Waals surface area contributed by atoms with Crippen molar-refractivity contribution in [3.8, 4) is 0 Å². The highest BCUT2D eigenvalue weighted by Crippen LogP contribution is 2.55. The van der Waals surface area contributed by atoms with E-state index in [0.29, 0.717) is 12.0 Å². The number of hydrogen-bond donors (Lipinski definition) is 3. The van der Waals surface area contributed by atoms with Gasteiger partial charge in [-0.2, -0.15) is 0 Å². The van der Waals surface area contributed by atoms with E-state index in [4.69, 9.17) is 0 Å². The van der Waals surface area contributed by atoms with Crippen LogP contribution in [0.15, 0.2) is 11.8 Å². The van der Waals surface area contributed by atoms with E-state index >= 15 is 0 Å². The van der Waals surface area contributed by atoms with Gasteiger partial charge in [0.05, 0.1) is 0 Å². The third-order valence-corrected chi connectivity index (χ3v) is 8.09. The molecule has 0 aromatic carbocycles. The van der Waals surface area contributed by atoms with Gasteiger partial charge in [-0.3, -0.25) is 4.79 Å². The minimum Gasteiger partial charge on any atom is -0.477 e. The van der Waals surface area contributed by atoms with Crippen molar-refractivity contribution >= 4 is 11.9 Å². The quantitative estimate of drug-likeness (QED) is 0.377. The molecule has 3 N–H and O–H groups in total. The highest BCUT2D eigenvalue weighted by atomic mass is 16.4. The molecule has 162 valence electrons. The number of rotatable bonds is 10. The number of carbonyl (C=O) groups is 2. The predicted octanol–water partition coefficient (Wildman–Crippen LogP) is 4.24. The van der Waals surface area contributed by atoms with Gasteiger partial charge < -0.3 is 15.7 Å². The van der Waals surface area contributed by atoms with Gasteiger partial charge in [-0.15, -0.1) is 0 Å². The van der Waals surface area contributed by atoms with Crippen molar-refractivity contribution in [2.24, 2.45) is 29.1 Å². The number of hydrogen-bond acceptors (Lipinski definition) is 3. The molecule has 0 saturated heterocycles. The number of aliphatic carboxylic acids is 1. The molecule has 29 heavy (non-hydrogen) atoms. The average Bonchev–Trinajstić information content (AvgIpc) is 3.27. The van der Waals surface area contributed by atoms with Gasteiger partial charge in [-0.25, -0.2) is 4.79 Å². The molecule has 1 amide bonds. The van der Waals surface area contributed by atoms with Gasteiger partial charge in [0, 0.05) is 11.5 Å². The van der Waals surface area contributed by atoms with Gasteiger partial charge in [-0.05, 0) is 93.9 Å². The van der Waals surface area contributed by atoms with Crippen LogP contribution in [-0.4, -0.2) is 29.1 Å². The topological polar surface area (TPSA) is 78.4 Å². The van der Waals surface area contributed by atoms with Crippen LogP contribution in [0.3, 0.4) is 0 Å². The standard InChI is InChI=1S/C24H38N2O3/c1-23(2)15-19(23)21(27)26-20(22(28)29)7-5-3-4-6-8-25-24-12-16-9-17(13-24)11-18(10-16)14-24/h7,16-19,25H,3-6,8-15H2,1-2H3,(H,26,27)(H,28,29). The van der Waals surface area contributed by atoms with Crippen LogP contribution in [0.5, 0.6) is 0 Å². The summed E-state index contributed by atoms with van der Waals surface area (Å²) in [5.74, 6) is 1.68. The maximum Gasteiger partial charge on any atom is 0.352 e. The lowest BCUT2D eigenvalue weighted by molar-refractivity contribution is -0.135. The Balaban J connectivity index is 1.14. The van der Waals surface area contributed by atoms with Crippen molar-refractivity contribution in [2.75, 3.05) is 6.54 Å². The van der Waals surface area contributed by atoms with E-state index in [9.17, 15) is 14.7 Å². The monoisotopic (exact) mass is 402 g/mol. The molecule has 0 heterocycles. The normalized spacial score (nSPS) is 36.8. The fourth-order valence-corrected chi connectivity index (χ4v) is 6.70. The van der Waals surface area contributed by atoms with Crippen LogP contribution in [0, 0.1) is 29.1 Å². The Morgan fingerprint density at radius 1 is 0.966 bits per heavy atom. The number of carbonyl (C=O) groups excluding carboxylic acids is 1. The lowest BCUT2D eigenvalue weighted by atomic mass is 9.53. The summed E-state index contributed by atoms with van der Waals surface area (Å²) in [6, 6.07) is 0. The van der Waals surface area contributed by atoms with E-state index in [1.54, 1.807) is 6.08 Å². The first-order valence-electron chi connectivity index (χ1n) is 11.8. The third kappa shape index (κ3) is 4.87. The summed E-state index contributed by atoms with van der Waals surface area (Å²) >= 11 is 0. The van der Waals surface area contributed by atoms with Crippen LogP contribution in [-0.2, 0) is 9.59 Å². The summed E-state index contributed by atoms with van der Waals surface area (Å²) < 4.78 is 0. The van der Waals surface area contributed by atoms with Crippen LogP contribution >= 0.6 is 0 Å². The average molecular weight is 403 g/mol. The molecule has 0 aliphatic heterocycles. The first kappa shape index (κ1) is 20.9. The second-order valence-electron chi connectivity index (χ2n) is 11.1. The van der Waals surface area contributed by atoms with Gasteiger partial charge in [-0.1, -0.05) is 26.3 Å². The van der Waals surface area contributed by atoms with E-state index in [1.807, 2.05) is 13.8 Å². The molecule has 0 spiro atoms. The van der Waals surface area contributed by atoms with Crippen LogP contribution in [0.25, 0.3) is 0 Å². The Bertz CT molecular complexity index is 646. The Kier molecular flexibility index (Phi) is 5.80. The molecule has 5 rings (SSSR count). The predicted molar refractivity (Wildman–Crippen MR) is 113 cm³/mol. The Labute approximate surface area is 175 Å². The summed E-state index contributed by atoms with van der Waals surface area (Å²) in [5.41, 5.74) is 0.494. The number of unbranched alkanes of at least 4 members (excludes halogenated alkanes) is 3. The van der Waals surface area contributed by atoms with E-state index in [-0.39, 0.29) is 22.9 Å². The highest BCUT2D eigenvalue weighted by molar-refractivity contribution is 5.94. The van der Waals surface area contributed by atoms with Crippen molar-refractivity contribution in [1.82, 2.24) is 10.6 Å². The molecular weight excluding hydrogens is 364 g/mol. The van der Waals surface area contributed by atoms with E-state index in [1.165, 1.54) is 38.5 Å². The number of allylic oxidation sites excluding steroid dienone is 1. The molecule has 5 fully saturated rings. The summed E-state index contributed by atoms with van der Waals surface area (Å²) in [6.45, 7) is 5.16. The highest BCUT2D eigenvalue weighted by Gasteiger charge is 2.51. The Morgan fingerprint density at radius 3 is 2.07 bits per heavy atom. The Morgan fingerprint density at radius 2 is 1.55 bits per heavy atom. The summed E-state index contributed by atoms with van der Waals surface area (Å²) in [5, 5.41) is 15.9. The maximum absolute atomic E-state index is 12.1. The van der Waals surface area contributed by atoms with Gasteiger partial charge in [0.15, 0.2) is 0 Å². The molecule has 1 atom stereocenters. The molecule has 5 aliphatic rings. The second-order valence-corrected chi connectivity index (χ2v) is 11.1. The minimum atomic E-state index is -1.04. The largest absolute Gasteiger partial charge is 0.477 e. The Hall–Kier alpha value is -1.36. The number of carboxylic acids is 1. The van der Waals surface area contributed by atoms with Crippen LogP contribution < -0.4 is 10.6 Å². The SMILES string of the molecule is CC1(C)CC1C(=O)NC(=CCCCCCNC12CC3CC(CC(C3)C1)C2)C(=O)O. The van der Waals surface area contributed by atoms with E-state index in [0.717, 1.165) is 50.0 Å². The zero-order valence-electron chi connectivity index (χ0n) is 18.1. The molecule has 0 aromatic heterocycles. The van der Waals surface area contributed by atoms with E-state index in [2.05, 4.69) is 10.6 Å². The van der Waals surface area contributed by atoms with Crippen molar-refractivity contribution in [2.45, 2.75) is 90.0 Å². The number of amides is 1. The van der Waals surface area contributed by atoms with Gasteiger partial charge >= 0.3 is 5.97 Å². The first-order chi connectivity index (χ1) is 13.8. The zero-order valence-corrected chi connectivity index (χ0v) is 18.1. The summed E-state index contributed by atoms with van der Waals surface area (Å²) in [6.07, 6.45) is 15.0. The van der Waals surface area contributed by atoms with Crippen LogP contribution in [0.4, 0.5) is 0 Å². The summed E-state index contributed by atoms with van der Waals surface area (Å²) in [4.78, 5) is 23.6. The van der Waals surface area contributed by atoms with Gasteiger partial charge in [0.2, 0.25) is 5.91 Å². The summed E-state index contributed by atoms with van der Waals surface area (Å²) in [7, 11) is 0. The second kappa shape index (κ2) is 8.05.